The van der Waals surface area contributed by atoms with Crippen molar-refractivity contribution in [2.75, 3.05) is 26.2 Å². The van der Waals surface area contributed by atoms with Crippen LogP contribution in [0.5, 0.6) is 0 Å². The lowest BCUT2D eigenvalue weighted by molar-refractivity contribution is -0.486. The summed E-state index contributed by atoms with van der Waals surface area (Å²) in [4.78, 5) is 14.9. The molecule has 23 heavy (non-hydrogen) atoms. The molecule has 0 aromatic heterocycles. The van der Waals surface area contributed by atoms with E-state index < -0.39 is 5.03 Å². The minimum atomic E-state index is -0.615. The molecule has 2 saturated heterocycles. The number of guanidine groups is 1. The molecule has 0 aliphatic carbocycles. The fraction of sp³-hybridized carbons (Fsp3) is 0.933. The molecule has 3 unspecified atom stereocenters. The third-order valence-corrected chi connectivity index (χ3v) is 4.21. The van der Waals surface area contributed by atoms with Gasteiger partial charge < -0.3 is 19.3 Å². The van der Waals surface area contributed by atoms with Gasteiger partial charge >= 0.3 is 0 Å². The Hall–Kier alpha value is -1.41. The van der Waals surface area contributed by atoms with E-state index in [0.29, 0.717) is 25.0 Å². The molecule has 8 heteroatoms. The van der Waals surface area contributed by atoms with Crippen molar-refractivity contribution in [3.8, 4) is 0 Å². The maximum absolute atomic E-state index is 11.0. The van der Waals surface area contributed by atoms with E-state index in [9.17, 15) is 10.1 Å². The molecule has 0 radical (unpaired) electrons. The van der Waals surface area contributed by atoms with Crippen LogP contribution in [0.1, 0.15) is 40.5 Å². The Kier molecular flexibility index (Phi) is 6.17. The lowest BCUT2D eigenvalue weighted by Crippen LogP contribution is -2.44. The quantitative estimate of drug-likeness (QED) is 0.523. The van der Waals surface area contributed by atoms with Crippen molar-refractivity contribution in [3.05, 3.63) is 10.1 Å². The first-order valence-electron chi connectivity index (χ1n) is 8.42. The second-order valence-electron chi connectivity index (χ2n) is 6.57. The zero-order valence-electron chi connectivity index (χ0n) is 14.5. The van der Waals surface area contributed by atoms with Crippen molar-refractivity contribution in [2.24, 2.45) is 11.0 Å². The average Bonchev–Trinajstić information content (AvgIpc) is 3.03. The molecule has 2 fully saturated rings. The number of hydrogen-bond donors (Lipinski definition) is 0. The van der Waals surface area contributed by atoms with Crippen LogP contribution in [0.2, 0.25) is 0 Å². The summed E-state index contributed by atoms with van der Waals surface area (Å²) in [6.45, 7) is 10.9. The Balaban J connectivity index is 2.09. The zero-order chi connectivity index (χ0) is 17.0. The normalized spacial score (nSPS) is 28.1. The Morgan fingerprint density at radius 3 is 2.74 bits per heavy atom. The van der Waals surface area contributed by atoms with Crippen molar-refractivity contribution in [1.82, 2.24) is 9.80 Å². The van der Waals surface area contributed by atoms with Crippen LogP contribution in [-0.4, -0.2) is 65.5 Å². The van der Waals surface area contributed by atoms with Gasteiger partial charge in [-0.3, -0.25) is 0 Å². The molecule has 3 atom stereocenters. The summed E-state index contributed by atoms with van der Waals surface area (Å²) >= 11 is 0. The summed E-state index contributed by atoms with van der Waals surface area (Å²) in [7, 11) is 0. The lowest BCUT2D eigenvalue weighted by Gasteiger charge is -2.30. The van der Waals surface area contributed by atoms with Crippen LogP contribution in [0, 0.1) is 16.0 Å². The van der Waals surface area contributed by atoms with Gasteiger partial charge in [0.25, 0.3) is 5.96 Å². The molecular weight excluding hydrogens is 300 g/mol. The summed E-state index contributed by atoms with van der Waals surface area (Å²) in [5, 5.41) is 14.0. The summed E-state index contributed by atoms with van der Waals surface area (Å²) in [5.74, 6) is 0.815. The van der Waals surface area contributed by atoms with E-state index >= 15 is 0 Å². The van der Waals surface area contributed by atoms with Crippen LogP contribution >= 0.6 is 0 Å². The first-order chi connectivity index (χ1) is 10.9. The molecule has 0 spiro atoms. The molecule has 2 heterocycles. The van der Waals surface area contributed by atoms with E-state index in [1.54, 1.807) is 0 Å². The van der Waals surface area contributed by atoms with E-state index in [0.717, 1.165) is 25.9 Å². The second kappa shape index (κ2) is 7.92. The Bertz CT molecular complexity index is 443. The van der Waals surface area contributed by atoms with Gasteiger partial charge in [-0.1, -0.05) is 6.92 Å². The fourth-order valence-electron chi connectivity index (χ4n) is 3.30. The highest BCUT2D eigenvalue weighted by Gasteiger charge is 2.36. The minimum Gasteiger partial charge on any atom is -0.378 e. The predicted molar refractivity (Wildman–Crippen MR) is 86.5 cm³/mol. The summed E-state index contributed by atoms with van der Waals surface area (Å²) in [6.07, 6.45) is 1.89. The van der Waals surface area contributed by atoms with E-state index in [-0.39, 0.29) is 18.4 Å². The molecular formula is C15H28N4O4. The van der Waals surface area contributed by atoms with Crippen molar-refractivity contribution in [3.63, 3.8) is 0 Å². The second-order valence-corrected chi connectivity index (χ2v) is 6.57. The number of rotatable bonds is 7. The maximum atomic E-state index is 11.0. The molecule has 2 aliphatic heterocycles. The predicted octanol–water partition coefficient (Wildman–Crippen LogP) is 1.74. The van der Waals surface area contributed by atoms with Gasteiger partial charge in [0, 0.05) is 25.6 Å². The van der Waals surface area contributed by atoms with E-state index in [1.807, 2.05) is 30.6 Å². The maximum Gasteiger partial charge on any atom is 0.276 e. The summed E-state index contributed by atoms with van der Waals surface area (Å²) in [5.41, 5.74) is 0. The standard InChI is InChI=1S/C15H28N4O4/c1-5-14(23-11(2)3)18-7-6-17(15(18)16-19(20)21)9-13-8-12(4)22-10-13/h11-14H,5-10H2,1-4H3. The molecule has 0 amide bonds. The Labute approximate surface area is 137 Å². The first-order valence-corrected chi connectivity index (χ1v) is 8.42. The number of ether oxygens (including phenoxy) is 2. The zero-order valence-corrected chi connectivity index (χ0v) is 14.5. The van der Waals surface area contributed by atoms with E-state index in [4.69, 9.17) is 9.47 Å². The highest BCUT2D eigenvalue weighted by molar-refractivity contribution is 5.81. The van der Waals surface area contributed by atoms with Crippen LogP contribution in [0.4, 0.5) is 0 Å². The molecule has 0 aromatic carbocycles. The number of nitro groups is 1. The van der Waals surface area contributed by atoms with Crippen LogP contribution in [0.3, 0.4) is 0 Å². The number of nitrogens with zero attached hydrogens (tertiary/aromatic N) is 4. The summed E-state index contributed by atoms with van der Waals surface area (Å²) in [6, 6.07) is 0. The Morgan fingerprint density at radius 2 is 2.22 bits per heavy atom. The van der Waals surface area contributed by atoms with Crippen molar-refractivity contribution in [2.45, 2.75) is 59.0 Å². The van der Waals surface area contributed by atoms with Crippen LogP contribution < -0.4 is 0 Å². The first kappa shape index (κ1) is 17.9. The summed E-state index contributed by atoms with van der Waals surface area (Å²) < 4.78 is 11.5. The fourth-order valence-corrected chi connectivity index (χ4v) is 3.30. The van der Waals surface area contributed by atoms with Crippen LogP contribution in [-0.2, 0) is 9.47 Å². The van der Waals surface area contributed by atoms with Gasteiger partial charge in [0.05, 0.1) is 18.8 Å². The van der Waals surface area contributed by atoms with Gasteiger partial charge in [0.1, 0.15) is 11.3 Å². The topological polar surface area (TPSA) is 80.4 Å². The molecule has 8 nitrogen and oxygen atoms in total. The average molecular weight is 328 g/mol. The van der Waals surface area contributed by atoms with E-state index in [1.165, 1.54) is 0 Å². The van der Waals surface area contributed by atoms with Crippen molar-refractivity contribution >= 4 is 5.96 Å². The highest BCUT2D eigenvalue weighted by Crippen LogP contribution is 2.24. The largest absolute Gasteiger partial charge is 0.378 e. The van der Waals surface area contributed by atoms with Gasteiger partial charge in [-0.15, -0.1) is 0 Å². The van der Waals surface area contributed by atoms with Gasteiger partial charge in [0.2, 0.25) is 0 Å². The molecule has 0 bridgehead atoms. The highest BCUT2D eigenvalue weighted by atomic mass is 16.7. The van der Waals surface area contributed by atoms with Crippen molar-refractivity contribution < 1.29 is 14.5 Å². The molecule has 0 saturated carbocycles. The molecule has 2 aliphatic rings. The lowest BCUT2D eigenvalue weighted by atomic mass is 10.1. The number of hydrazone groups is 1. The smallest absolute Gasteiger partial charge is 0.276 e. The van der Waals surface area contributed by atoms with E-state index in [2.05, 4.69) is 12.0 Å². The molecule has 132 valence electrons. The van der Waals surface area contributed by atoms with Gasteiger partial charge in [-0.05, 0) is 33.6 Å². The number of hydrogen-bond acceptors (Lipinski definition) is 4. The monoisotopic (exact) mass is 328 g/mol. The van der Waals surface area contributed by atoms with Crippen LogP contribution in [0.25, 0.3) is 0 Å². The third-order valence-electron chi connectivity index (χ3n) is 4.21. The molecule has 2 rings (SSSR count). The minimum absolute atomic E-state index is 0.0648. The van der Waals surface area contributed by atoms with Gasteiger partial charge in [0.15, 0.2) is 5.03 Å². The Morgan fingerprint density at radius 1 is 1.48 bits per heavy atom. The third kappa shape index (κ3) is 4.78. The van der Waals surface area contributed by atoms with Crippen LogP contribution in [0.15, 0.2) is 5.10 Å². The molecule has 0 aromatic rings. The molecule has 0 N–H and O–H groups in total. The van der Waals surface area contributed by atoms with Crippen molar-refractivity contribution in [1.29, 1.82) is 0 Å². The van der Waals surface area contributed by atoms with Gasteiger partial charge in [-0.25, -0.2) is 10.1 Å². The SMILES string of the molecule is CCC(OC(C)C)N1CCN(CC2COC(C)C2)C1=N[N+](=O)[O-]. The van der Waals surface area contributed by atoms with Gasteiger partial charge in [-0.2, -0.15) is 0 Å².